The minimum Gasteiger partial charge on any atom is -0.478 e. The molecule has 0 saturated carbocycles. The van der Waals surface area contributed by atoms with Gasteiger partial charge in [0.05, 0.1) is 5.57 Å². The van der Waals surface area contributed by atoms with Crippen LogP contribution in [-0.2, 0) is 11.2 Å². The molecule has 3 nitrogen and oxygen atoms in total. The number of halogens is 1. The van der Waals surface area contributed by atoms with Crippen LogP contribution >= 0.6 is 0 Å². The average molecular weight is 251 g/mol. The van der Waals surface area contributed by atoms with Crippen molar-refractivity contribution >= 4 is 5.97 Å². The van der Waals surface area contributed by atoms with Gasteiger partial charge in [0.25, 0.3) is 0 Å². The van der Waals surface area contributed by atoms with Crippen LogP contribution in [0.4, 0.5) is 4.39 Å². The summed E-state index contributed by atoms with van der Waals surface area (Å²) >= 11 is 0. The summed E-state index contributed by atoms with van der Waals surface area (Å²) in [6.45, 7) is 1.89. The van der Waals surface area contributed by atoms with E-state index in [0.717, 1.165) is 0 Å². The van der Waals surface area contributed by atoms with Gasteiger partial charge in [-0.25, -0.2) is 9.18 Å². The Hall–Kier alpha value is -1.84. The fourth-order valence-electron chi connectivity index (χ4n) is 1.93. The molecule has 0 aliphatic rings. The summed E-state index contributed by atoms with van der Waals surface area (Å²) in [5.74, 6) is -1.37. The minimum absolute atomic E-state index is 0.101. The van der Waals surface area contributed by atoms with Crippen molar-refractivity contribution < 1.29 is 14.3 Å². The first-order valence-corrected chi connectivity index (χ1v) is 5.83. The van der Waals surface area contributed by atoms with Gasteiger partial charge in [0.1, 0.15) is 5.82 Å². The lowest BCUT2D eigenvalue weighted by Crippen LogP contribution is -2.18. The molecule has 0 aliphatic heterocycles. The van der Waals surface area contributed by atoms with Crippen molar-refractivity contribution in [3.8, 4) is 0 Å². The molecule has 1 rings (SSSR count). The van der Waals surface area contributed by atoms with Crippen LogP contribution in [0.2, 0.25) is 0 Å². The van der Waals surface area contributed by atoms with Crippen molar-refractivity contribution in [1.82, 2.24) is 4.90 Å². The molecule has 0 aliphatic carbocycles. The van der Waals surface area contributed by atoms with Crippen molar-refractivity contribution in [2.24, 2.45) is 0 Å². The molecule has 1 aromatic rings. The highest BCUT2D eigenvalue weighted by Crippen LogP contribution is 2.18. The first-order valence-electron chi connectivity index (χ1n) is 5.83. The largest absolute Gasteiger partial charge is 0.478 e. The SMILES string of the molecule is CCC(=C(Cc1ccccc1F)C(=O)O)N(C)C. The molecule has 0 amide bonds. The lowest BCUT2D eigenvalue weighted by atomic mass is 10.0. The predicted molar refractivity (Wildman–Crippen MR) is 68.7 cm³/mol. The molecule has 0 atom stereocenters. The van der Waals surface area contributed by atoms with Gasteiger partial charge in [0.15, 0.2) is 0 Å². The van der Waals surface area contributed by atoms with E-state index in [9.17, 15) is 14.3 Å². The second-order valence-corrected chi connectivity index (χ2v) is 4.25. The van der Waals surface area contributed by atoms with Gasteiger partial charge in [-0.1, -0.05) is 25.1 Å². The number of aliphatic carboxylic acids is 1. The quantitative estimate of drug-likeness (QED) is 0.818. The van der Waals surface area contributed by atoms with Gasteiger partial charge < -0.3 is 10.0 Å². The highest BCUT2D eigenvalue weighted by molar-refractivity contribution is 5.88. The van der Waals surface area contributed by atoms with Gasteiger partial charge in [0.2, 0.25) is 0 Å². The van der Waals surface area contributed by atoms with Crippen molar-refractivity contribution in [3.63, 3.8) is 0 Å². The van der Waals surface area contributed by atoms with Crippen LogP contribution in [-0.4, -0.2) is 30.1 Å². The lowest BCUT2D eigenvalue weighted by Gasteiger charge is -2.19. The second kappa shape index (κ2) is 6.19. The first kappa shape index (κ1) is 14.2. The van der Waals surface area contributed by atoms with E-state index in [4.69, 9.17) is 0 Å². The summed E-state index contributed by atoms with van der Waals surface area (Å²) in [5.41, 5.74) is 1.36. The zero-order valence-corrected chi connectivity index (χ0v) is 10.9. The van der Waals surface area contributed by atoms with Crippen molar-refractivity contribution in [2.75, 3.05) is 14.1 Å². The van der Waals surface area contributed by atoms with Gasteiger partial charge in [-0.15, -0.1) is 0 Å². The molecule has 0 unspecified atom stereocenters. The summed E-state index contributed by atoms with van der Waals surface area (Å²) in [4.78, 5) is 13.1. The number of allylic oxidation sites excluding steroid dienone is 1. The van der Waals surface area contributed by atoms with E-state index in [0.29, 0.717) is 17.7 Å². The molecule has 98 valence electrons. The normalized spacial score (nSPS) is 12.0. The third-order valence-electron chi connectivity index (χ3n) is 2.81. The Bertz CT molecular complexity index is 467. The Balaban J connectivity index is 3.16. The van der Waals surface area contributed by atoms with Crippen molar-refractivity contribution in [1.29, 1.82) is 0 Å². The number of carboxylic acid groups (broad SMARTS) is 1. The van der Waals surface area contributed by atoms with E-state index in [1.807, 2.05) is 6.92 Å². The number of carboxylic acids is 1. The molecule has 0 bridgehead atoms. The predicted octanol–water partition coefficient (Wildman–Crippen LogP) is 2.68. The highest BCUT2D eigenvalue weighted by atomic mass is 19.1. The summed E-state index contributed by atoms with van der Waals surface area (Å²) in [7, 11) is 3.59. The Kier molecular flexibility index (Phi) is 4.89. The minimum atomic E-state index is -0.996. The number of benzene rings is 1. The van der Waals surface area contributed by atoms with Crippen LogP contribution in [0, 0.1) is 5.82 Å². The Morgan fingerprint density at radius 2 is 1.94 bits per heavy atom. The van der Waals surface area contributed by atoms with Gasteiger partial charge in [-0.2, -0.15) is 0 Å². The van der Waals surface area contributed by atoms with Crippen LogP contribution in [0.5, 0.6) is 0 Å². The Labute approximate surface area is 107 Å². The highest BCUT2D eigenvalue weighted by Gasteiger charge is 2.17. The number of hydrogen-bond donors (Lipinski definition) is 1. The molecule has 0 aromatic heterocycles. The van der Waals surface area contributed by atoms with Crippen LogP contribution in [0.25, 0.3) is 0 Å². The van der Waals surface area contributed by atoms with Crippen molar-refractivity contribution in [3.05, 3.63) is 46.9 Å². The van der Waals surface area contributed by atoms with E-state index in [-0.39, 0.29) is 17.8 Å². The zero-order chi connectivity index (χ0) is 13.7. The summed E-state index contributed by atoms with van der Waals surface area (Å²) in [6, 6.07) is 6.26. The van der Waals surface area contributed by atoms with E-state index in [2.05, 4.69) is 0 Å². The maximum Gasteiger partial charge on any atom is 0.333 e. The molecular formula is C14H18FNO2. The van der Waals surface area contributed by atoms with Gasteiger partial charge in [-0.05, 0) is 18.1 Å². The summed E-state index contributed by atoms with van der Waals surface area (Å²) < 4.78 is 13.6. The fourth-order valence-corrected chi connectivity index (χ4v) is 1.93. The second-order valence-electron chi connectivity index (χ2n) is 4.25. The van der Waals surface area contributed by atoms with Crippen LogP contribution in [0.3, 0.4) is 0 Å². The first-order chi connectivity index (χ1) is 8.47. The van der Waals surface area contributed by atoms with Crippen LogP contribution < -0.4 is 0 Å². The monoisotopic (exact) mass is 251 g/mol. The lowest BCUT2D eigenvalue weighted by molar-refractivity contribution is -0.132. The zero-order valence-electron chi connectivity index (χ0n) is 10.9. The molecule has 1 aromatic carbocycles. The smallest absolute Gasteiger partial charge is 0.333 e. The number of carbonyl (C=O) groups is 1. The van der Waals surface area contributed by atoms with Crippen LogP contribution in [0.1, 0.15) is 18.9 Å². The topological polar surface area (TPSA) is 40.5 Å². The molecule has 4 heteroatoms. The molecule has 0 fully saturated rings. The molecule has 0 spiro atoms. The van der Waals surface area contributed by atoms with Crippen LogP contribution in [0.15, 0.2) is 35.5 Å². The van der Waals surface area contributed by atoms with E-state index in [1.54, 1.807) is 37.2 Å². The standard InChI is InChI=1S/C14H18FNO2/c1-4-13(16(2)3)11(14(17)18)9-10-7-5-6-8-12(10)15/h5-8H,4,9H2,1-3H3,(H,17,18). The van der Waals surface area contributed by atoms with Gasteiger partial charge in [-0.3, -0.25) is 0 Å². The Morgan fingerprint density at radius 1 is 1.33 bits per heavy atom. The third-order valence-corrected chi connectivity index (χ3v) is 2.81. The van der Waals surface area contributed by atoms with E-state index in [1.165, 1.54) is 6.07 Å². The molecule has 0 saturated heterocycles. The third kappa shape index (κ3) is 3.32. The van der Waals surface area contributed by atoms with Gasteiger partial charge >= 0.3 is 5.97 Å². The Morgan fingerprint density at radius 3 is 2.39 bits per heavy atom. The molecule has 0 heterocycles. The van der Waals surface area contributed by atoms with E-state index < -0.39 is 5.97 Å². The van der Waals surface area contributed by atoms with Gasteiger partial charge in [0, 0.05) is 26.2 Å². The summed E-state index contributed by atoms with van der Waals surface area (Å²) in [6.07, 6.45) is 0.701. The number of rotatable bonds is 5. The molecular weight excluding hydrogens is 233 g/mol. The maximum absolute atomic E-state index is 13.6. The number of nitrogens with zero attached hydrogens (tertiary/aromatic N) is 1. The number of hydrogen-bond acceptors (Lipinski definition) is 2. The molecule has 1 N–H and O–H groups in total. The van der Waals surface area contributed by atoms with Crippen molar-refractivity contribution in [2.45, 2.75) is 19.8 Å². The fraction of sp³-hybridized carbons (Fsp3) is 0.357. The molecule has 18 heavy (non-hydrogen) atoms. The molecule has 0 radical (unpaired) electrons. The maximum atomic E-state index is 13.6. The van der Waals surface area contributed by atoms with E-state index >= 15 is 0 Å². The summed E-state index contributed by atoms with van der Waals surface area (Å²) in [5, 5.41) is 9.27. The average Bonchev–Trinajstić information content (AvgIpc) is 2.30.